The average Bonchev–Trinajstić information content (AvgIpc) is 2.65. The molecule has 1 aliphatic rings. The molecule has 0 bridgehead atoms. The Kier molecular flexibility index (Phi) is 5.18. The molecule has 2 rings (SSSR count). The Hall–Kier alpha value is -1.31. The van der Waals surface area contributed by atoms with Crippen LogP contribution in [0.2, 0.25) is 5.02 Å². The van der Waals surface area contributed by atoms with Crippen molar-refractivity contribution >= 4 is 42.3 Å². The van der Waals surface area contributed by atoms with Gasteiger partial charge in [-0.1, -0.05) is 18.5 Å². The van der Waals surface area contributed by atoms with Gasteiger partial charge in [-0.3, -0.25) is 9.59 Å². The lowest BCUT2D eigenvalue weighted by Crippen LogP contribution is -2.32. The smallest absolute Gasteiger partial charge is 0.261 e. The van der Waals surface area contributed by atoms with Crippen molar-refractivity contribution in [3.8, 4) is 0 Å². The Morgan fingerprint density at radius 2 is 1.62 bits per heavy atom. The first kappa shape index (κ1) is 19.0. The highest BCUT2D eigenvalue weighted by Crippen LogP contribution is 2.44. The largest absolute Gasteiger partial charge is 0.269 e. The Morgan fingerprint density at radius 1 is 1.12 bits per heavy atom. The summed E-state index contributed by atoms with van der Waals surface area (Å²) in [5.74, 6) is -0.487. The monoisotopic (exact) mass is 365 g/mol. The molecule has 0 aromatic heterocycles. The first-order valence-corrected chi connectivity index (χ1v) is 11.3. The molecule has 1 aromatic rings. The second kappa shape index (κ2) is 6.54. The lowest BCUT2D eigenvalue weighted by Gasteiger charge is -2.24. The molecule has 1 aromatic carbocycles. The number of rotatable bonds is 4. The van der Waals surface area contributed by atoms with Gasteiger partial charge in [0.15, 0.2) is 0 Å². The van der Waals surface area contributed by atoms with E-state index in [9.17, 15) is 9.59 Å². The minimum Gasteiger partial charge on any atom is -0.269 e. The molecule has 2 amide bonds. The third-order valence-corrected chi connectivity index (χ3v) is 7.85. The number of halogens is 1. The number of benzene rings is 1. The van der Waals surface area contributed by atoms with Crippen LogP contribution in [-0.4, -0.2) is 37.1 Å². The molecule has 1 atom stereocenters. The van der Waals surface area contributed by atoms with Gasteiger partial charge >= 0.3 is 0 Å². The maximum Gasteiger partial charge on any atom is 0.261 e. The first-order chi connectivity index (χ1) is 10.9. The van der Waals surface area contributed by atoms with Crippen molar-refractivity contribution in [1.82, 2.24) is 0 Å². The molecule has 0 saturated heterocycles. The van der Waals surface area contributed by atoms with E-state index in [0.717, 1.165) is 17.5 Å². The van der Waals surface area contributed by atoms with Gasteiger partial charge in [-0.25, -0.2) is 4.90 Å². The molecule has 3 nitrogen and oxygen atoms in total. The number of nitrogens with zero attached hydrogens (tertiary/aromatic N) is 1. The summed E-state index contributed by atoms with van der Waals surface area (Å²) in [6.45, 7) is 10.6. The zero-order valence-corrected chi connectivity index (χ0v) is 16.9. The zero-order chi connectivity index (χ0) is 18.4. The molecule has 0 saturated carbocycles. The summed E-state index contributed by atoms with van der Waals surface area (Å²) in [6, 6.07) is 3.74. The maximum absolute atomic E-state index is 12.5. The molecule has 0 fully saturated rings. The fourth-order valence-corrected chi connectivity index (χ4v) is 3.62. The molecule has 130 valence electrons. The number of anilines is 1. The second-order valence-corrected chi connectivity index (χ2v) is 12.1. The molecule has 1 heterocycles. The Balaban J connectivity index is 2.47. The standard InChI is InChI=1S/C19H25ClNO2P/c1-11-8-16(20)15(9-12(2)24(5,6)7)10-17(11)21-18(22)13(3)14(4)19(21)23/h8,10,12H,5,9H2,1-4,6-7H3. The molecule has 24 heavy (non-hydrogen) atoms. The van der Waals surface area contributed by atoms with E-state index in [1.165, 1.54) is 4.90 Å². The molecule has 1 unspecified atom stereocenters. The summed E-state index contributed by atoms with van der Waals surface area (Å²) in [6.07, 6.45) is 5.09. The van der Waals surface area contributed by atoms with Crippen LogP contribution in [0.15, 0.2) is 23.3 Å². The third-order valence-electron chi connectivity index (χ3n) is 4.92. The van der Waals surface area contributed by atoms with Gasteiger partial charge < -0.3 is 0 Å². The number of carbonyl (C=O) groups excluding carboxylic acids is 2. The van der Waals surface area contributed by atoms with E-state index >= 15 is 0 Å². The summed E-state index contributed by atoms with van der Waals surface area (Å²) < 4.78 is 0. The van der Waals surface area contributed by atoms with Gasteiger partial charge in [0, 0.05) is 16.2 Å². The van der Waals surface area contributed by atoms with Crippen molar-refractivity contribution < 1.29 is 9.59 Å². The lowest BCUT2D eigenvalue weighted by molar-refractivity contribution is -0.120. The number of hydrogen-bond donors (Lipinski definition) is 0. The number of imide groups is 1. The molecule has 5 heteroatoms. The van der Waals surface area contributed by atoms with E-state index in [2.05, 4.69) is 26.6 Å². The van der Waals surface area contributed by atoms with E-state index < -0.39 is 6.89 Å². The average molecular weight is 366 g/mol. The third kappa shape index (κ3) is 3.38. The number of carbonyl (C=O) groups is 2. The zero-order valence-electron chi connectivity index (χ0n) is 15.2. The number of amides is 2. The van der Waals surface area contributed by atoms with Crippen LogP contribution in [-0.2, 0) is 16.0 Å². The topological polar surface area (TPSA) is 37.4 Å². The van der Waals surface area contributed by atoms with Crippen molar-refractivity contribution in [2.24, 2.45) is 0 Å². The SMILES string of the molecule is C=P(C)(C)C(C)Cc1cc(N2C(=O)C(C)=C(C)C2=O)c(C)cc1Cl. The number of hydrogen-bond acceptors (Lipinski definition) is 2. The predicted molar refractivity (Wildman–Crippen MR) is 106 cm³/mol. The highest BCUT2D eigenvalue weighted by Gasteiger charge is 2.35. The fraction of sp³-hybridized carbons (Fsp3) is 0.421. The van der Waals surface area contributed by atoms with Crippen LogP contribution in [0.25, 0.3) is 0 Å². The van der Waals surface area contributed by atoms with Gasteiger partial charge in [0.2, 0.25) is 0 Å². The van der Waals surface area contributed by atoms with Crippen LogP contribution in [0.3, 0.4) is 0 Å². The van der Waals surface area contributed by atoms with E-state index in [4.69, 9.17) is 11.6 Å². The quantitative estimate of drug-likeness (QED) is 0.582. The lowest BCUT2D eigenvalue weighted by atomic mass is 10.0. The molecular weight excluding hydrogens is 341 g/mol. The number of aryl methyl sites for hydroxylation is 1. The Labute approximate surface area is 149 Å². The fourth-order valence-electron chi connectivity index (χ4n) is 2.63. The highest BCUT2D eigenvalue weighted by molar-refractivity contribution is 7.72. The van der Waals surface area contributed by atoms with Gasteiger partial charge in [-0.05, 0) is 69.4 Å². The van der Waals surface area contributed by atoms with Gasteiger partial charge in [-0.15, -0.1) is 13.2 Å². The second-order valence-electron chi connectivity index (χ2n) is 7.26. The van der Waals surface area contributed by atoms with E-state index in [1.54, 1.807) is 13.8 Å². The molecular formula is C19H25ClNO2P. The van der Waals surface area contributed by atoms with Crippen LogP contribution >= 0.6 is 18.5 Å². The summed E-state index contributed by atoms with van der Waals surface area (Å²) in [4.78, 5) is 26.2. The minimum atomic E-state index is -1.25. The predicted octanol–water partition coefficient (Wildman–Crippen LogP) is 4.50. The van der Waals surface area contributed by atoms with Gasteiger partial charge in [0.1, 0.15) is 0 Å². The van der Waals surface area contributed by atoms with Crippen molar-refractivity contribution in [1.29, 1.82) is 0 Å². The molecule has 0 radical (unpaired) electrons. The summed E-state index contributed by atoms with van der Waals surface area (Å²) >= 11 is 6.43. The van der Waals surface area contributed by atoms with E-state index in [1.807, 2.05) is 19.1 Å². The van der Waals surface area contributed by atoms with Crippen LogP contribution in [0.5, 0.6) is 0 Å². The van der Waals surface area contributed by atoms with Gasteiger partial charge in [0.25, 0.3) is 11.8 Å². The summed E-state index contributed by atoms with van der Waals surface area (Å²) in [7, 11) is 0. The van der Waals surface area contributed by atoms with Crippen LogP contribution in [0.1, 0.15) is 31.9 Å². The van der Waals surface area contributed by atoms with Crippen molar-refractivity contribution in [2.75, 3.05) is 18.2 Å². The normalized spacial score (nSPS) is 17.0. The first-order valence-electron chi connectivity index (χ1n) is 7.98. The van der Waals surface area contributed by atoms with Crippen molar-refractivity contribution in [3.63, 3.8) is 0 Å². The van der Waals surface area contributed by atoms with Crippen LogP contribution in [0, 0.1) is 6.92 Å². The van der Waals surface area contributed by atoms with Crippen molar-refractivity contribution in [2.45, 2.75) is 39.8 Å². The van der Waals surface area contributed by atoms with Crippen LogP contribution in [0.4, 0.5) is 5.69 Å². The highest BCUT2D eigenvalue weighted by atomic mass is 35.5. The molecule has 0 spiro atoms. The Morgan fingerprint density at radius 3 is 2.08 bits per heavy atom. The van der Waals surface area contributed by atoms with Gasteiger partial charge in [0.05, 0.1) is 5.69 Å². The summed E-state index contributed by atoms with van der Waals surface area (Å²) in [5.41, 5.74) is 3.85. The van der Waals surface area contributed by atoms with Gasteiger partial charge in [-0.2, -0.15) is 0 Å². The van der Waals surface area contributed by atoms with E-state index in [-0.39, 0.29) is 11.8 Å². The maximum atomic E-state index is 12.5. The Bertz CT molecular complexity index is 780. The molecule has 0 N–H and O–H groups in total. The molecule has 0 aliphatic carbocycles. The molecule has 1 aliphatic heterocycles. The van der Waals surface area contributed by atoms with Crippen LogP contribution < -0.4 is 4.90 Å². The van der Waals surface area contributed by atoms with Crippen molar-refractivity contribution in [3.05, 3.63) is 39.4 Å². The minimum absolute atomic E-state index is 0.244. The van der Waals surface area contributed by atoms with E-state index in [0.29, 0.717) is 27.5 Å². The summed E-state index contributed by atoms with van der Waals surface area (Å²) in [5, 5.41) is 0.678.